The maximum absolute atomic E-state index is 11.0. The van der Waals surface area contributed by atoms with Crippen LogP contribution in [0.25, 0.3) is 0 Å². The Morgan fingerprint density at radius 1 is 1.62 bits per heavy atom. The number of carbonyl (C=O) groups is 1. The Morgan fingerprint density at radius 2 is 2.50 bits per heavy atom. The van der Waals surface area contributed by atoms with Crippen molar-refractivity contribution in [1.29, 1.82) is 5.26 Å². The van der Waals surface area contributed by atoms with E-state index in [1.54, 1.807) is 12.3 Å². The van der Waals surface area contributed by atoms with Gasteiger partial charge in [0.05, 0.1) is 11.9 Å². The minimum Gasteiger partial charge on any atom is -0.382 e. The van der Waals surface area contributed by atoms with Crippen LogP contribution in [0.3, 0.4) is 0 Å². The van der Waals surface area contributed by atoms with Crippen LogP contribution >= 0.6 is 0 Å². The topological polar surface area (TPSA) is 77.8 Å². The summed E-state index contributed by atoms with van der Waals surface area (Å²) >= 11 is 0. The summed E-state index contributed by atoms with van der Waals surface area (Å²) < 4.78 is 0. The Bertz CT molecular complexity index is 421. The molecule has 0 saturated carbocycles. The van der Waals surface area contributed by atoms with Gasteiger partial charge in [-0.1, -0.05) is 0 Å². The molecule has 0 aliphatic carbocycles. The van der Waals surface area contributed by atoms with Gasteiger partial charge in [0.2, 0.25) is 5.91 Å². The molecule has 1 aromatic heterocycles. The third-order valence-corrected chi connectivity index (χ3v) is 2.52. The Morgan fingerprint density at radius 3 is 3.06 bits per heavy atom. The Labute approximate surface area is 93.5 Å². The smallest absolute Gasteiger partial charge is 0.220 e. The van der Waals surface area contributed by atoms with Crippen LogP contribution in [0.5, 0.6) is 0 Å². The zero-order valence-electron chi connectivity index (χ0n) is 8.73. The first-order valence-electron chi connectivity index (χ1n) is 5.17. The fraction of sp³-hybridized carbons (Fsp3) is 0.364. The van der Waals surface area contributed by atoms with Crippen LogP contribution in [0.4, 0.5) is 5.69 Å². The molecule has 1 atom stereocenters. The molecule has 0 aromatic carbocycles. The van der Waals surface area contributed by atoms with E-state index in [9.17, 15) is 4.79 Å². The van der Waals surface area contributed by atoms with Crippen LogP contribution in [-0.2, 0) is 4.79 Å². The molecule has 16 heavy (non-hydrogen) atoms. The average Bonchev–Trinajstić information content (AvgIpc) is 2.73. The van der Waals surface area contributed by atoms with Gasteiger partial charge < -0.3 is 10.6 Å². The first kappa shape index (κ1) is 10.4. The lowest BCUT2D eigenvalue weighted by Crippen LogP contribution is -2.31. The number of anilines is 1. The largest absolute Gasteiger partial charge is 0.382 e. The van der Waals surface area contributed by atoms with Crippen molar-refractivity contribution in [2.75, 3.05) is 11.9 Å². The van der Waals surface area contributed by atoms with E-state index in [1.165, 1.54) is 0 Å². The van der Waals surface area contributed by atoms with E-state index in [1.807, 2.05) is 12.1 Å². The molecule has 1 amide bonds. The molecule has 2 rings (SSSR count). The van der Waals surface area contributed by atoms with Gasteiger partial charge in [0.1, 0.15) is 11.8 Å². The highest BCUT2D eigenvalue weighted by atomic mass is 16.1. The Balaban J connectivity index is 1.85. The van der Waals surface area contributed by atoms with Gasteiger partial charge in [0.25, 0.3) is 0 Å². The van der Waals surface area contributed by atoms with Gasteiger partial charge in [0, 0.05) is 19.0 Å². The Kier molecular flexibility index (Phi) is 3.01. The highest BCUT2D eigenvalue weighted by molar-refractivity contribution is 5.78. The normalized spacial score (nSPS) is 18.9. The van der Waals surface area contributed by atoms with Crippen molar-refractivity contribution in [2.45, 2.75) is 18.9 Å². The zero-order valence-corrected chi connectivity index (χ0v) is 8.73. The summed E-state index contributed by atoms with van der Waals surface area (Å²) in [7, 11) is 0. The van der Waals surface area contributed by atoms with E-state index in [2.05, 4.69) is 15.6 Å². The number of pyridine rings is 1. The fourth-order valence-electron chi connectivity index (χ4n) is 1.64. The van der Waals surface area contributed by atoms with Gasteiger partial charge in [-0.15, -0.1) is 0 Å². The van der Waals surface area contributed by atoms with Crippen LogP contribution < -0.4 is 10.6 Å². The number of nitrogens with zero attached hydrogens (tertiary/aromatic N) is 2. The first-order valence-corrected chi connectivity index (χ1v) is 5.17. The monoisotopic (exact) mass is 216 g/mol. The highest BCUT2D eigenvalue weighted by Gasteiger charge is 2.19. The van der Waals surface area contributed by atoms with Gasteiger partial charge in [0.15, 0.2) is 0 Å². The number of hydrogen-bond acceptors (Lipinski definition) is 4. The van der Waals surface area contributed by atoms with Crippen LogP contribution in [0.2, 0.25) is 0 Å². The minimum atomic E-state index is 0.116. The molecule has 1 saturated heterocycles. The quantitative estimate of drug-likeness (QED) is 0.777. The minimum absolute atomic E-state index is 0.116. The second-order valence-electron chi connectivity index (χ2n) is 3.73. The third kappa shape index (κ3) is 2.48. The summed E-state index contributed by atoms with van der Waals surface area (Å²) in [5, 5.41) is 14.6. The second kappa shape index (κ2) is 4.62. The number of rotatable bonds is 3. The van der Waals surface area contributed by atoms with Crippen LogP contribution in [0, 0.1) is 11.3 Å². The van der Waals surface area contributed by atoms with Gasteiger partial charge in [-0.05, 0) is 18.6 Å². The molecule has 0 radical (unpaired) electrons. The molecule has 82 valence electrons. The van der Waals surface area contributed by atoms with Gasteiger partial charge >= 0.3 is 0 Å². The molecule has 0 bridgehead atoms. The molecule has 5 heteroatoms. The van der Waals surface area contributed by atoms with Gasteiger partial charge in [-0.3, -0.25) is 4.79 Å². The molecular weight excluding hydrogens is 204 g/mol. The average molecular weight is 216 g/mol. The maximum Gasteiger partial charge on any atom is 0.220 e. The molecule has 0 spiro atoms. The summed E-state index contributed by atoms with van der Waals surface area (Å²) in [6.45, 7) is 0.694. The van der Waals surface area contributed by atoms with Crippen LogP contribution in [0.15, 0.2) is 18.3 Å². The molecule has 1 fully saturated rings. The predicted molar refractivity (Wildman–Crippen MR) is 58.6 cm³/mol. The summed E-state index contributed by atoms with van der Waals surface area (Å²) in [5.74, 6) is 0.116. The summed E-state index contributed by atoms with van der Waals surface area (Å²) in [5.41, 5.74) is 1.26. The van der Waals surface area contributed by atoms with E-state index >= 15 is 0 Å². The lowest BCUT2D eigenvalue weighted by molar-refractivity contribution is -0.119. The fourth-order valence-corrected chi connectivity index (χ4v) is 1.64. The number of carbonyl (C=O) groups excluding carboxylic acids is 1. The highest BCUT2D eigenvalue weighted by Crippen LogP contribution is 2.09. The molecule has 1 aliphatic heterocycles. The number of nitriles is 1. The second-order valence-corrected chi connectivity index (χ2v) is 3.73. The standard InChI is InChI=1S/C11H12N4O/c12-5-8-1-2-9(6-13-8)14-7-10-3-4-11(16)15-10/h1-2,6,10,14H,3-4,7H2,(H,15,16). The predicted octanol–water partition coefficient (Wildman–Crippen LogP) is 0.644. The summed E-state index contributed by atoms with van der Waals surface area (Å²) in [6.07, 6.45) is 3.10. The number of aromatic nitrogens is 1. The molecule has 2 heterocycles. The van der Waals surface area contributed by atoms with Crippen molar-refractivity contribution in [3.05, 3.63) is 24.0 Å². The Hall–Kier alpha value is -2.09. The lowest BCUT2D eigenvalue weighted by atomic mass is 10.2. The number of hydrogen-bond donors (Lipinski definition) is 2. The zero-order chi connectivity index (χ0) is 11.4. The van der Waals surface area contributed by atoms with Crippen LogP contribution in [-0.4, -0.2) is 23.5 Å². The van der Waals surface area contributed by atoms with Gasteiger partial charge in [-0.25, -0.2) is 4.98 Å². The van der Waals surface area contributed by atoms with Crippen molar-refractivity contribution in [1.82, 2.24) is 10.3 Å². The SMILES string of the molecule is N#Cc1ccc(NCC2CCC(=O)N2)cn1. The maximum atomic E-state index is 11.0. The molecule has 2 N–H and O–H groups in total. The molecule has 1 unspecified atom stereocenters. The van der Waals surface area contributed by atoms with Crippen molar-refractivity contribution in [3.63, 3.8) is 0 Å². The van der Waals surface area contributed by atoms with Crippen molar-refractivity contribution < 1.29 is 4.79 Å². The summed E-state index contributed by atoms with van der Waals surface area (Å²) in [6, 6.07) is 5.63. The number of nitrogens with one attached hydrogen (secondary N) is 2. The lowest BCUT2D eigenvalue weighted by Gasteiger charge is -2.11. The number of amides is 1. The van der Waals surface area contributed by atoms with Gasteiger partial charge in [-0.2, -0.15) is 5.26 Å². The molecule has 5 nitrogen and oxygen atoms in total. The van der Waals surface area contributed by atoms with E-state index < -0.39 is 0 Å². The van der Waals surface area contributed by atoms with Crippen molar-refractivity contribution >= 4 is 11.6 Å². The molecular formula is C11H12N4O. The van der Waals surface area contributed by atoms with E-state index in [-0.39, 0.29) is 11.9 Å². The molecule has 1 aliphatic rings. The van der Waals surface area contributed by atoms with Crippen molar-refractivity contribution in [2.24, 2.45) is 0 Å². The van der Waals surface area contributed by atoms with E-state index in [4.69, 9.17) is 5.26 Å². The third-order valence-electron chi connectivity index (χ3n) is 2.52. The van der Waals surface area contributed by atoms with E-state index in [0.717, 1.165) is 12.1 Å². The van der Waals surface area contributed by atoms with E-state index in [0.29, 0.717) is 18.7 Å². The first-order chi connectivity index (χ1) is 7.78. The van der Waals surface area contributed by atoms with Crippen molar-refractivity contribution in [3.8, 4) is 6.07 Å². The molecule has 1 aromatic rings. The van der Waals surface area contributed by atoms with Crippen LogP contribution in [0.1, 0.15) is 18.5 Å². The summed E-state index contributed by atoms with van der Waals surface area (Å²) in [4.78, 5) is 14.9.